The Morgan fingerprint density at radius 2 is 2.24 bits per heavy atom. The van der Waals surface area contributed by atoms with Gasteiger partial charge in [0.15, 0.2) is 0 Å². The molecule has 6 nitrogen and oxygen atoms in total. The minimum Gasteiger partial charge on any atom is -0.481 e. The number of hydrogen-bond acceptors (Lipinski definition) is 5. The van der Waals surface area contributed by atoms with Crippen LogP contribution in [0, 0.1) is 5.92 Å². The Kier molecular flexibility index (Phi) is 5.69. The number of likely N-dealkylation sites (tertiary alicyclic amines) is 1. The van der Waals surface area contributed by atoms with E-state index < -0.39 is 5.97 Å². The van der Waals surface area contributed by atoms with Gasteiger partial charge in [0.2, 0.25) is 5.91 Å². The van der Waals surface area contributed by atoms with Gasteiger partial charge in [-0.15, -0.1) is 11.3 Å². The second-order valence-electron chi connectivity index (χ2n) is 5.21. The largest absolute Gasteiger partial charge is 0.481 e. The molecule has 1 aromatic rings. The lowest BCUT2D eigenvalue weighted by molar-refractivity contribution is -0.145. The molecule has 0 aromatic carbocycles. The third-order valence-corrected chi connectivity index (χ3v) is 4.74. The van der Waals surface area contributed by atoms with Crippen molar-refractivity contribution in [3.05, 3.63) is 16.6 Å². The summed E-state index contributed by atoms with van der Waals surface area (Å²) in [6, 6.07) is 0.102. The van der Waals surface area contributed by atoms with E-state index in [-0.39, 0.29) is 24.4 Å². The summed E-state index contributed by atoms with van der Waals surface area (Å²) in [5, 5.41) is 15.1. The molecule has 0 aliphatic carbocycles. The van der Waals surface area contributed by atoms with Crippen LogP contribution in [-0.4, -0.2) is 46.5 Å². The third-order valence-electron chi connectivity index (χ3n) is 3.85. The van der Waals surface area contributed by atoms with E-state index in [0.717, 1.165) is 11.4 Å². The molecule has 1 aliphatic heterocycles. The number of piperidine rings is 1. The summed E-state index contributed by atoms with van der Waals surface area (Å²) in [4.78, 5) is 29.1. The number of rotatable bonds is 6. The van der Waals surface area contributed by atoms with E-state index in [0.29, 0.717) is 25.9 Å². The quantitative estimate of drug-likeness (QED) is 0.832. The molecule has 0 saturated carbocycles. The molecule has 116 valence electrons. The molecule has 0 spiro atoms. The number of amides is 1. The van der Waals surface area contributed by atoms with Crippen molar-refractivity contribution < 1.29 is 14.7 Å². The maximum atomic E-state index is 12.2. The number of carbonyl (C=O) groups excluding carboxylic acids is 1. The van der Waals surface area contributed by atoms with Gasteiger partial charge in [-0.2, -0.15) is 0 Å². The topological polar surface area (TPSA) is 82.5 Å². The number of carboxylic acids is 1. The molecule has 21 heavy (non-hydrogen) atoms. The highest BCUT2D eigenvalue weighted by Crippen LogP contribution is 2.19. The summed E-state index contributed by atoms with van der Waals surface area (Å²) in [6.45, 7) is 3.40. The molecule has 2 heterocycles. The fraction of sp³-hybridized carbons (Fsp3) is 0.643. The van der Waals surface area contributed by atoms with E-state index in [4.69, 9.17) is 5.11 Å². The second-order valence-corrected chi connectivity index (χ2v) is 6.13. The van der Waals surface area contributed by atoms with Gasteiger partial charge in [-0.05, 0) is 19.3 Å². The van der Waals surface area contributed by atoms with Gasteiger partial charge >= 0.3 is 5.97 Å². The average Bonchev–Trinajstić information content (AvgIpc) is 3.02. The number of carbonyl (C=O) groups is 2. The Morgan fingerprint density at radius 3 is 2.76 bits per heavy atom. The Labute approximate surface area is 128 Å². The number of aromatic nitrogens is 1. The number of aliphatic carboxylic acids is 1. The van der Waals surface area contributed by atoms with Crippen LogP contribution in [0.25, 0.3) is 0 Å². The first-order chi connectivity index (χ1) is 10.1. The van der Waals surface area contributed by atoms with Crippen LogP contribution in [0.15, 0.2) is 11.6 Å². The Hall–Kier alpha value is -1.47. The van der Waals surface area contributed by atoms with Crippen LogP contribution in [0.4, 0.5) is 0 Å². The minimum atomic E-state index is -0.755. The maximum Gasteiger partial charge on any atom is 0.306 e. The van der Waals surface area contributed by atoms with Crippen molar-refractivity contribution in [2.75, 3.05) is 19.6 Å². The lowest BCUT2D eigenvalue weighted by atomic mass is 9.97. The maximum absolute atomic E-state index is 12.2. The van der Waals surface area contributed by atoms with Gasteiger partial charge in [0.05, 0.1) is 18.5 Å². The van der Waals surface area contributed by atoms with Crippen molar-refractivity contribution in [3.63, 3.8) is 0 Å². The number of thiazole rings is 1. The van der Waals surface area contributed by atoms with Crippen LogP contribution in [-0.2, 0) is 9.59 Å². The molecular formula is C14H21N3O3S. The van der Waals surface area contributed by atoms with E-state index in [1.807, 2.05) is 5.38 Å². The standard InChI is InChI=1S/C14H21N3O3S/c1-2-11(13-15-5-8-21-13)16-9-12(18)17-6-3-10(4-7-17)14(19)20/h5,8,10-11,16H,2-4,6-7,9H2,1H3,(H,19,20). The van der Waals surface area contributed by atoms with Crippen LogP contribution in [0.1, 0.15) is 37.2 Å². The SMILES string of the molecule is CCC(NCC(=O)N1CCC(C(=O)O)CC1)c1nccs1. The van der Waals surface area contributed by atoms with Crippen molar-refractivity contribution >= 4 is 23.2 Å². The predicted molar refractivity (Wildman–Crippen MR) is 80.1 cm³/mol. The first-order valence-electron chi connectivity index (χ1n) is 7.25. The Bertz CT molecular complexity index is 470. The van der Waals surface area contributed by atoms with Crippen molar-refractivity contribution in [2.24, 2.45) is 5.92 Å². The molecule has 1 amide bonds. The van der Waals surface area contributed by atoms with E-state index in [1.54, 1.807) is 22.4 Å². The van der Waals surface area contributed by atoms with Crippen LogP contribution in [0.5, 0.6) is 0 Å². The van der Waals surface area contributed by atoms with Crippen molar-refractivity contribution in [1.82, 2.24) is 15.2 Å². The molecule has 1 atom stereocenters. The first kappa shape index (κ1) is 15.9. The molecule has 0 bridgehead atoms. The highest BCUT2D eigenvalue weighted by atomic mass is 32.1. The monoisotopic (exact) mass is 311 g/mol. The summed E-state index contributed by atoms with van der Waals surface area (Å²) >= 11 is 1.58. The van der Waals surface area contributed by atoms with Crippen LogP contribution >= 0.6 is 11.3 Å². The number of nitrogens with zero attached hydrogens (tertiary/aromatic N) is 2. The summed E-state index contributed by atoms with van der Waals surface area (Å²) in [6.07, 6.45) is 3.74. The van der Waals surface area contributed by atoms with Crippen LogP contribution < -0.4 is 5.32 Å². The summed E-state index contributed by atoms with van der Waals surface area (Å²) in [7, 11) is 0. The van der Waals surface area contributed by atoms with Gasteiger partial charge in [0.1, 0.15) is 5.01 Å². The molecule has 1 aliphatic rings. The summed E-state index contributed by atoms with van der Waals surface area (Å²) < 4.78 is 0. The highest BCUT2D eigenvalue weighted by Gasteiger charge is 2.27. The number of hydrogen-bond donors (Lipinski definition) is 2. The molecular weight excluding hydrogens is 290 g/mol. The Morgan fingerprint density at radius 1 is 1.52 bits per heavy atom. The van der Waals surface area contributed by atoms with E-state index in [1.165, 1.54) is 0 Å². The molecule has 2 rings (SSSR count). The normalized spacial score (nSPS) is 17.7. The second kappa shape index (κ2) is 7.51. The zero-order chi connectivity index (χ0) is 15.2. The van der Waals surface area contributed by atoms with Crippen molar-refractivity contribution in [2.45, 2.75) is 32.2 Å². The smallest absolute Gasteiger partial charge is 0.306 e. The zero-order valence-corrected chi connectivity index (χ0v) is 12.9. The molecule has 1 unspecified atom stereocenters. The van der Waals surface area contributed by atoms with Gasteiger partial charge < -0.3 is 10.0 Å². The third kappa shape index (κ3) is 4.25. The van der Waals surface area contributed by atoms with Gasteiger partial charge in [-0.25, -0.2) is 4.98 Å². The van der Waals surface area contributed by atoms with Crippen molar-refractivity contribution in [3.8, 4) is 0 Å². The molecule has 1 saturated heterocycles. The lowest BCUT2D eigenvalue weighted by Crippen LogP contribution is -2.44. The van der Waals surface area contributed by atoms with Gasteiger partial charge in [0.25, 0.3) is 0 Å². The van der Waals surface area contributed by atoms with Crippen LogP contribution in [0.3, 0.4) is 0 Å². The average molecular weight is 311 g/mol. The van der Waals surface area contributed by atoms with Crippen LogP contribution in [0.2, 0.25) is 0 Å². The van der Waals surface area contributed by atoms with Gasteiger partial charge in [0, 0.05) is 24.7 Å². The fourth-order valence-corrected chi connectivity index (χ4v) is 3.31. The first-order valence-corrected chi connectivity index (χ1v) is 8.13. The van der Waals surface area contributed by atoms with E-state index in [9.17, 15) is 9.59 Å². The lowest BCUT2D eigenvalue weighted by Gasteiger charge is -2.30. The highest BCUT2D eigenvalue weighted by molar-refractivity contribution is 7.09. The molecule has 7 heteroatoms. The minimum absolute atomic E-state index is 0.0360. The van der Waals surface area contributed by atoms with Gasteiger partial charge in [-0.1, -0.05) is 6.92 Å². The summed E-state index contributed by atoms with van der Waals surface area (Å²) in [5.41, 5.74) is 0. The molecule has 1 aromatic heterocycles. The van der Waals surface area contributed by atoms with E-state index in [2.05, 4.69) is 17.2 Å². The number of nitrogens with one attached hydrogen (secondary N) is 1. The van der Waals surface area contributed by atoms with E-state index >= 15 is 0 Å². The van der Waals surface area contributed by atoms with Crippen molar-refractivity contribution in [1.29, 1.82) is 0 Å². The predicted octanol–water partition coefficient (Wildman–Crippen LogP) is 1.51. The fourth-order valence-electron chi connectivity index (χ4n) is 2.51. The Balaban J connectivity index is 1.78. The zero-order valence-electron chi connectivity index (χ0n) is 12.1. The molecule has 1 fully saturated rings. The molecule has 2 N–H and O–H groups in total. The summed E-state index contributed by atoms with van der Waals surface area (Å²) in [5.74, 6) is -1.02. The molecule has 0 radical (unpaired) electrons. The number of carboxylic acid groups (broad SMARTS) is 1. The van der Waals surface area contributed by atoms with Gasteiger partial charge in [-0.3, -0.25) is 14.9 Å².